The van der Waals surface area contributed by atoms with E-state index in [1.807, 2.05) is 29.2 Å². The van der Waals surface area contributed by atoms with E-state index in [-0.39, 0.29) is 5.91 Å². The Morgan fingerprint density at radius 3 is 2.63 bits per heavy atom. The fraction of sp³-hybridized carbons (Fsp3) is 0.500. The Hall–Kier alpha value is -2.48. The number of fused-ring (bicyclic) bond motifs is 1. The minimum absolute atomic E-state index is 0.0158. The van der Waals surface area contributed by atoms with E-state index >= 15 is 0 Å². The highest BCUT2D eigenvalue weighted by Gasteiger charge is 2.22. The lowest BCUT2D eigenvalue weighted by atomic mass is 10.1. The van der Waals surface area contributed by atoms with E-state index in [9.17, 15) is 4.79 Å². The molecule has 0 unspecified atom stereocenters. The zero-order valence-electron chi connectivity index (χ0n) is 21.2. The fourth-order valence-electron chi connectivity index (χ4n) is 4.43. The van der Waals surface area contributed by atoms with E-state index in [0.29, 0.717) is 18.7 Å². The van der Waals surface area contributed by atoms with Crippen LogP contribution in [0.15, 0.2) is 36.4 Å². The molecule has 0 saturated carbocycles. The number of rotatable bonds is 11. The lowest BCUT2D eigenvalue weighted by molar-refractivity contribution is 0.0376. The maximum atomic E-state index is 13.7. The number of hydrogen-bond acceptors (Lipinski definition) is 6. The van der Waals surface area contributed by atoms with Crippen LogP contribution in [-0.4, -0.2) is 61.8 Å². The van der Waals surface area contributed by atoms with Gasteiger partial charge in [0.15, 0.2) is 5.13 Å². The third kappa shape index (κ3) is 6.81. The zero-order valence-corrected chi connectivity index (χ0v) is 22.0. The van der Waals surface area contributed by atoms with Gasteiger partial charge in [-0.25, -0.2) is 4.98 Å². The van der Waals surface area contributed by atoms with Gasteiger partial charge in [0.1, 0.15) is 5.75 Å². The van der Waals surface area contributed by atoms with Crippen LogP contribution in [0.4, 0.5) is 5.13 Å². The summed E-state index contributed by atoms with van der Waals surface area (Å²) in [4.78, 5) is 22.9. The smallest absolute Gasteiger partial charge is 0.260 e. The first kappa shape index (κ1) is 25.6. The predicted molar refractivity (Wildman–Crippen MR) is 144 cm³/mol. The number of hydrogen-bond donors (Lipinski definition) is 0. The maximum Gasteiger partial charge on any atom is 0.260 e. The molecule has 1 fully saturated rings. The fourth-order valence-corrected chi connectivity index (χ4v) is 5.59. The minimum Gasteiger partial charge on any atom is -0.494 e. The molecule has 1 aliphatic heterocycles. The molecule has 0 spiro atoms. The molecule has 35 heavy (non-hydrogen) atoms. The van der Waals surface area contributed by atoms with Gasteiger partial charge in [-0.05, 0) is 68.1 Å². The van der Waals surface area contributed by atoms with Crippen molar-refractivity contribution >= 4 is 32.6 Å². The minimum atomic E-state index is -0.0158. The second-order valence-electron chi connectivity index (χ2n) is 9.27. The molecule has 0 radical (unpaired) electrons. The molecule has 4 rings (SSSR count). The van der Waals surface area contributed by atoms with E-state index in [2.05, 4.69) is 37.8 Å². The Kier molecular flexibility index (Phi) is 9.12. The molecule has 1 aromatic heterocycles. The van der Waals surface area contributed by atoms with Crippen molar-refractivity contribution in [1.82, 2.24) is 9.88 Å². The monoisotopic (exact) mass is 495 g/mol. The molecular weight excluding hydrogens is 458 g/mol. The second-order valence-corrected chi connectivity index (χ2v) is 10.3. The second kappa shape index (κ2) is 12.5. The van der Waals surface area contributed by atoms with Gasteiger partial charge < -0.3 is 9.47 Å². The molecular formula is C28H37N3O3S. The van der Waals surface area contributed by atoms with Crippen molar-refractivity contribution in [3.05, 3.63) is 53.1 Å². The molecule has 2 heterocycles. The number of benzene rings is 2. The van der Waals surface area contributed by atoms with Crippen LogP contribution in [0.3, 0.4) is 0 Å². The number of carbonyl (C=O) groups excluding carboxylic acids is 1. The number of thiazole rings is 1. The number of anilines is 1. The van der Waals surface area contributed by atoms with Gasteiger partial charge in [0.25, 0.3) is 5.91 Å². The number of carbonyl (C=O) groups is 1. The van der Waals surface area contributed by atoms with Crippen LogP contribution in [0.25, 0.3) is 10.2 Å². The average Bonchev–Trinajstić information content (AvgIpc) is 3.29. The van der Waals surface area contributed by atoms with Gasteiger partial charge in [0.05, 0.1) is 30.0 Å². The van der Waals surface area contributed by atoms with Crippen LogP contribution in [0.5, 0.6) is 5.75 Å². The number of amides is 1. The Bertz CT molecular complexity index is 1110. The van der Waals surface area contributed by atoms with Crippen molar-refractivity contribution in [3.8, 4) is 5.75 Å². The number of aryl methyl sites for hydroxylation is 2. The zero-order chi connectivity index (χ0) is 24.6. The summed E-state index contributed by atoms with van der Waals surface area (Å²) in [6.07, 6.45) is 4.27. The lowest BCUT2D eigenvalue weighted by Gasteiger charge is -2.27. The first-order valence-electron chi connectivity index (χ1n) is 12.8. The predicted octanol–water partition coefficient (Wildman–Crippen LogP) is 5.85. The van der Waals surface area contributed by atoms with E-state index in [0.717, 1.165) is 78.8 Å². The number of nitrogens with zero attached hydrogens (tertiary/aromatic N) is 3. The standard InChI is InChI=1S/C28H37N3O3S/c1-4-5-6-16-34-24-10-8-23(9-11-24)27(32)31(13-7-12-30-14-17-33-18-15-30)28-29-26-22(3)19-21(2)20-25(26)35-28/h8-11,19-20H,4-7,12-18H2,1-3H3. The molecule has 3 aromatic rings. The highest BCUT2D eigenvalue weighted by atomic mass is 32.1. The van der Waals surface area contributed by atoms with Gasteiger partial charge in [-0.15, -0.1) is 0 Å². The Morgan fingerprint density at radius 2 is 1.89 bits per heavy atom. The molecule has 188 valence electrons. The number of unbranched alkanes of at least 4 members (excludes halogenated alkanes) is 2. The van der Waals surface area contributed by atoms with E-state index in [1.165, 1.54) is 12.0 Å². The summed E-state index contributed by atoms with van der Waals surface area (Å²) in [5.41, 5.74) is 4.00. The van der Waals surface area contributed by atoms with Crippen molar-refractivity contribution in [2.24, 2.45) is 0 Å². The number of aromatic nitrogens is 1. The number of morpholine rings is 1. The normalized spacial score (nSPS) is 14.4. The van der Waals surface area contributed by atoms with Gasteiger partial charge in [-0.3, -0.25) is 14.6 Å². The lowest BCUT2D eigenvalue weighted by Crippen LogP contribution is -2.39. The van der Waals surface area contributed by atoms with Crippen LogP contribution in [0.2, 0.25) is 0 Å². The summed E-state index contributed by atoms with van der Waals surface area (Å²) in [6.45, 7) is 12.1. The molecule has 1 saturated heterocycles. The third-order valence-electron chi connectivity index (χ3n) is 6.37. The Labute approximate surface area is 212 Å². The molecule has 0 bridgehead atoms. The molecule has 1 aliphatic rings. The quantitative estimate of drug-likeness (QED) is 0.312. The first-order valence-corrected chi connectivity index (χ1v) is 13.6. The van der Waals surface area contributed by atoms with Gasteiger partial charge >= 0.3 is 0 Å². The average molecular weight is 496 g/mol. The van der Waals surface area contributed by atoms with Crippen molar-refractivity contribution in [2.45, 2.75) is 46.5 Å². The van der Waals surface area contributed by atoms with Crippen molar-refractivity contribution in [2.75, 3.05) is 50.9 Å². The molecule has 7 heteroatoms. The first-order chi connectivity index (χ1) is 17.0. The number of ether oxygens (including phenoxy) is 2. The third-order valence-corrected chi connectivity index (χ3v) is 7.40. The summed E-state index contributed by atoms with van der Waals surface area (Å²) in [7, 11) is 0. The van der Waals surface area contributed by atoms with Gasteiger partial charge in [-0.2, -0.15) is 0 Å². The largest absolute Gasteiger partial charge is 0.494 e. The van der Waals surface area contributed by atoms with Crippen LogP contribution >= 0.6 is 11.3 Å². The SMILES string of the molecule is CCCCCOc1ccc(C(=O)N(CCCN2CCOCC2)c2nc3c(C)cc(C)cc3s2)cc1. The summed E-state index contributed by atoms with van der Waals surface area (Å²) in [5.74, 6) is 0.792. The van der Waals surface area contributed by atoms with Crippen molar-refractivity contribution in [1.29, 1.82) is 0 Å². The van der Waals surface area contributed by atoms with Gasteiger partial charge in [0, 0.05) is 31.7 Å². The van der Waals surface area contributed by atoms with E-state index < -0.39 is 0 Å². The van der Waals surface area contributed by atoms with Crippen LogP contribution in [-0.2, 0) is 4.74 Å². The van der Waals surface area contributed by atoms with Crippen molar-refractivity contribution < 1.29 is 14.3 Å². The summed E-state index contributed by atoms with van der Waals surface area (Å²) in [5, 5.41) is 0.764. The molecule has 0 atom stereocenters. The van der Waals surface area contributed by atoms with Gasteiger partial charge in [0.2, 0.25) is 0 Å². The summed E-state index contributed by atoms with van der Waals surface area (Å²) in [6, 6.07) is 11.8. The topological polar surface area (TPSA) is 54.9 Å². The highest BCUT2D eigenvalue weighted by Crippen LogP contribution is 2.32. The van der Waals surface area contributed by atoms with E-state index in [1.54, 1.807) is 11.3 Å². The summed E-state index contributed by atoms with van der Waals surface area (Å²) >= 11 is 1.60. The van der Waals surface area contributed by atoms with Crippen LogP contribution in [0, 0.1) is 13.8 Å². The maximum absolute atomic E-state index is 13.7. The molecule has 2 aromatic carbocycles. The summed E-state index contributed by atoms with van der Waals surface area (Å²) < 4.78 is 12.4. The van der Waals surface area contributed by atoms with Gasteiger partial charge in [-0.1, -0.05) is 37.2 Å². The van der Waals surface area contributed by atoms with Crippen LogP contribution in [0.1, 0.15) is 54.1 Å². The molecule has 0 aliphatic carbocycles. The van der Waals surface area contributed by atoms with Crippen LogP contribution < -0.4 is 9.64 Å². The van der Waals surface area contributed by atoms with Crippen molar-refractivity contribution in [3.63, 3.8) is 0 Å². The van der Waals surface area contributed by atoms with E-state index in [4.69, 9.17) is 14.5 Å². The Balaban J connectivity index is 1.51. The highest BCUT2D eigenvalue weighted by molar-refractivity contribution is 7.22. The Morgan fingerprint density at radius 1 is 1.11 bits per heavy atom. The molecule has 1 amide bonds. The molecule has 6 nitrogen and oxygen atoms in total. The molecule has 0 N–H and O–H groups in total.